The first-order valence-electron chi connectivity index (χ1n) is 6.46. The van der Waals surface area contributed by atoms with Crippen LogP contribution in [0.2, 0.25) is 0 Å². The predicted molar refractivity (Wildman–Crippen MR) is 79.9 cm³/mol. The van der Waals surface area contributed by atoms with Crippen molar-refractivity contribution in [1.82, 2.24) is 14.3 Å². The Morgan fingerprint density at radius 1 is 1.47 bits per heavy atom. The highest BCUT2D eigenvalue weighted by Crippen LogP contribution is 2.14. The van der Waals surface area contributed by atoms with Gasteiger partial charge in [-0.1, -0.05) is 29.3 Å². The average molecular weight is 352 g/mol. The molecule has 0 aliphatic rings. The zero-order chi connectivity index (χ0) is 14.5. The standard InChI is InChI=1S/C12H22BrN3O2S/c1-4-5-11(6-7-13)8-14-19(17,18)12-9-16(3)10(2)15-12/h9,11,14H,4-8H2,1-3H3. The molecule has 1 heterocycles. The fourth-order valence-corrected chi connectivity index (χ4v) is 3.67. The van der Waals surface area contributed by atoms with Crippen molar-refractivity contribution < 1.29 is 8.42 Å². The van der Waals surface area contributed by atoms with Crippen LogP contribution in [0.15, 0.2) is 11.2 Å². The third-order valence-electron chi connectivity index (χ3n) is 3.14. The summed E-state index contributed by atoms with van der Waals surface area (Å²) in [5, 5.41) is 0.990. The second kappa shape index (κ2) is 7.40. The van der Waals surface area contributed by atoms with Gasteiger partial charge in [-0.2, -0.15) is 0 Å². The Morgan fingerprint density at radius 2 is 2.16 bits per heavy atom. The van der Waals surface area contributed by atoms with Gasteiger partial charge in [0.2, 0.25) is 0 Å². The Morgan fingerprint density at radius 3 is 2.63 bits per heavy atom. The van der Waals surface area contributed by atoms with Crippen LogP contribution in [0.5, 0.6) is 0 Å². The molecule has 1 N–H and O–H groups in total. The minimum absolute atomic E-state index is 0.0987. The van der Waals surface area contributed by atoms with Crippen LogP contribution in [0.4, 0.5) is 0 Å². The van der Waals surface area contributed by atoms with Crippen LogP contribution >= 0.6 is 15.9 Å². The summed E-state index contributed by atoms with van der Waals surface area (Å²) in [7, 11) is -1.71. The number of nitrogens with one attached hydrogen (secondary N) is 1. The smallest absolute Gasteiger partial charge is 0.259 e. The summed E-state index contributed by atoms with van der Waals surface area (Å²) in [5.41, 5.74) is 0. The fourth-order valence-electron chi connectivity index (χ4n) is 1.87. The molecular formula is C12H22BrN3O2S. The molecule has 1 aromatic heterocycles. The van der Waals surface area contributed by atoms with E-state index in [9.17, 15) is 8.42 Å². The number of hydrogen-bond donors (Lipinski definition) is 1. The normalized spacial score (nSPS) is 13.7. The quantitative estimate of drug-likeness (QED) is 0.730. The van der Waals surface area contributed by atoms with Gasteiger partial charge in [-0.15, -0.1) is 0 Å². The van der Waals surface area contributed by atoms with Crippen molar-refractivity contribution in [2.75, 3.05) is 11.9 Å². The molecule has 19 heavy (non-hydrogen) atoms. The van der Waals surface area contributed by atoms with Crippen molar-refractivity contribution in [1.29, 1.82) is 0 Å². The van der Waals surface area contributed by atoms with Crippen molar-refractivity contribution in [2.45, 2.75) is 38.1 Å². The molecule has 1 atom stereocenters. The molecule has 0 spiro atoms. The molecule has 0 saturated heterocycles. The van der Waals surface area contributed by atoms with Crippen LogP contribution in [0.1, 0.15) is 32.0 Å². The van der Waals surface area contributed by atoms with Gasteiger partial charge >= 0.3 is 0 Å². The van der Waals surface area contributed by atoms with Gasteiger partial charge in [-0.05, 0) is 25.7 Å². The zero-order valence-corrected chi connectivity index (χ0v) is 14.1. The lowest BCUT2D eigenvalue weighted by Crippen LogP contribution is -2.30. The molecule has 110 valence electrons. The second-order valence-corrected chi connectivity index (χ2v) is 7.23. The molecule has 0 fully saturated rings. The molecule has 0 aliphatic carbocycles. The van der Waals surface area contributed by atoms with E-state index in [4.69, 9.17) is 0 Å². The molecule has 1 unspecified atom stereocenters. The van der Waals surface area contributed by atoms with Crippen molar-refractivity contribution >= 4 is 26.0 Å². The van der Waals surface area contributed by atoms with Crippen LogP contribution in [0.25, 0.3) is 0 Å². The first kappa shape index (κ1) is 16.7. The molecule has 0 radical (unpaired) electrons. The average Bonchev–Trinajstić information content (AvgIpc) is 2.68. The van der Waals surface area contributed by atoms with Crippen molar-refractivity contribution in [3.8, 4) is 0 Å². The lowest BCUT2D eigenvalue weighted by atomic mass is 10.0. The highest BCUT2D eigenvalue weighted by Gasteiger charge is 2.19. The number of nitrogens with zero attached hydrogens (tertiary/aromatic N) is 2. The number of halogens is 1. The number of imidazole rings is 1. The van der Waals surface area contributed by atoms with Gasteiger partial charge in [0.1, 0.15) is 5.82 Å². The summed E-state index contributed by atoms with van der Waals surface area (Å²) >= 11 is 3.41. The molecule has 0 saturated carbocycles. The second-order valence-electron chi connectivity index (χ2n) is 4.72. The lowest BCUT2D eigenvalue weighted by Gasteiger charge is -2.15. The van der Waals surface area contributed by atoms with Crippen molar-refractivity contribution in [3.63, 3.8) is 0 Å². The Bertz CT molecular complexity index is 474. The van der Waals surface area contributed by atoms with E-state index in [1.807, 2.05) is 0 Å². The molecule has 0 aromatic carbocycles. The first-order chi connectivity index (χ1) is 8.90. The van der Waals surface area contributed by atoms with Crippen molar-refractivity contribution in [2.24, 2.45) is 13.0 Å². The maximum atomic E-state index is 12.1. The van der Waals surface area contributed by atoms with E-state index in [-0.39, 0.29) is 5.03 Å². The molecular weight excluding hydrogens is 330 g/mol. The van der Waals surface area contributed by atoms with Gasteiger partial charge in [0, 0.05) is 25.1 Å². The van der Waals surface area contributed by atoms with Crippen LogP contribution in [-0.4, -0.2) is 29.8 Å². The molecule has 7 heteroatoms. The monoisotopic (exact) mass is 351 g/mol. The summed E-state index contributed by atoms with van der Waals surface area (Å²) in [6.45, 7) is 4.36. The minimum Gasteiger partial charge on any atom is -0.337 e. The Labute approximate surface area is 124 Å². The van der Waals surface area contributed by atoms with E-state index >= 15 is 0 Å². The number of sulfonamides is 1. The molecule has 1 aromatic rings. The predicted octanol–water partition coefficient (Wildman–Crippen LogP) is 2.21. The summed E-state index contributed by atoms with van der Waals surface area (Å²) in [5.74, 6) is 1.05. The van der Waals surface area contributed by atoms with E-state index in [2.05, 4.69) is 32.6 Å². The van der Waals surface area contributed by atoms with Crippen LogP contribution in [0, 0.1) is 12.8 Å². The lowest BCUT2D eigenvalue weighted by molar-refractivity contribution is 0.458. The Hall–Kier alpha value is -0.400. The zero-order valence-electron chi connectivity index (χ0n) is 11.7. The molecule has 0 aliphatic heterocycles. The van der Waals surface area contributed by atoms with Crippen LogP contribution in [0.3, 0.4) is 0 Å². The maximum Gasteiger partial charge on any atom is 0.259 e. The highest BCUT2D eigenvalue weighted by molar-refractivity contribution is 9.09. The third kappa shape index (κ3) is 4.89. The van der Waals surface area contributed by atoms with E-state index < -0.39 is 10.0 Å². The van der Waals surface area contributed by atoms with Crippen LogP contribution < -0.4 is 4.72 Å². The summed E-state index contributed by atoms with van der Waals surface area (Å²) in [6.07, 6.45) is 4.59. The SMILES string of the molecule is CCCC(CCBr)CNS(=O)(=O)c1cn(C)c(C)n1. The van der Waals surface area contributed by atoms with Crippen LogP contribution in [-0.2, 0) is 17.1 Å². The number of alkyl halides is 1. The summed E-state index contributed by atoms with van der Waals surface area (Å²) in [4.78, 5) is 4.06. The molecule has 1 rings (SSSR count). The van der Waals surface area contributed by atoms with Gasteiger partial charge in [0.05, 0.1) is 0 Å². The number of aryl methyl sites for hydroxylation is 2. The topological polar surface area (TPSA) is 64.0 Å². The highest BCUT2D eigenvalue weighted by atomic mass is 79.9. The molecule has 0 amide bonds. The molecule has 0 bridgehead atoms. The van der Waals surface area contributed by atoms with E-state index in [1.54, 1.807) is 18.5 Å². The fraction of sp³-hybridized carbons (Fsp3) is 0.750. The minimum atomic E-state index is -3.49. The van der Waals surface area contributed by atoms with Gasteiger partial charge in [-0.25, -0.2) is 18.1 Å². The van der Waals surface area contributed by atoms with Gasteiger partial charge in [-0.3, -0.25) is 0 Å². The first-order valence-corrected chi connectivity index (χ1v) is 9.06. The summed E-state index contributed by atoms with van der Waals surface area (Å²) < 4.78 is 28.6. The summed E-state index contributed by atoms with van der Waals surface area (Å²) in [6, 6.07) is 0. The van der Waals surface area contributed by atoms with Gasteiger partial charge in [0.15, 0.2) is 5.03 Å². The van der Waals surface area contributed by atoms with E-state index in [0.717, 1.165) is 24.6 Å². The molecule has 5 nitrogen and oxygen atoms in total. The number of aromatic nitrogens is 2. The van der Waals surface area contributed by atoms with E-state index in [0.29, 0.717) is 18.3 Å². The Balaban J connectivity index is 2.68. The van der Waals surface area contributed by atoms with Gasteiger partial charge < -0.3 is 4.57 Å². The number of hydrogen-bond acceptors (Lipinski definition) is 3. The maximum absolute atomic E-state index is 12.1. The Kier molecular flexibility index (Phi) is 6.49. The number of rotatable bonds is 8. The van der Waals surface area contributed by atoms with E-state index in [1.165, 1.54) is 6.20 Å². The third-order valence-corrected chi connectivity index (χ3v) is 4.89. The largest absolute Gasteiger partial charge is 0.337 e. The van der Waals surface area contributed by atoms with Gasteiger partial charge in [0.25, 0.3) is 10.0 Å². The van der Waals surface area contributed by atoms with Crippen molar-refractivity contribution in [3.05, 3.63) is 12.0 Å².